The molecular formula is C23H33N3O5S. The van der Waals surface area contributed by atoms with E-state index in [9.17, 15) is 13.2 Å². The Labute approximate surface area is 190 Å². The molecule has 1 heterocycles. The third-order valence-corrected chi connectivity index (χ3v) is 6.96. The largest absolute Gasteiger partial charge is 0.497 e. The van der Waals surface area contributed by atoms with Gasteiger partial charge in [-0.1, -0.05) is 26.0 Å². The molecule has 0 unspecified atom stereocenters. The van der Waals surface area contributed by atoms with E-state index in [1.165, 1.54) is 0 Å². The van der Waals surface area contributed by atoms with Crippen molar-refractivity contribution in [2.75, 3.05) is 27.4 Å². The Balaban J connectivity index is 1.89. The van der Waals surface area contributed by atoms with E-state index in [0.29, 0.717) is 49.2 Å². The Morgan fingerprint density at radius 2 is 2.03 bits per heavy atom. The molecule has 0 atom stereocenters. The smallest absolute Gasteiger partial charge is 0.228 e. The van der Waals surface area contributed by atoms with Crippen LogP contribution >= 0.6 is 0 Å². The van der Waals surface area contributed by atoms with Crippen molar-refractivity contribution in [2.24, 2.45) is 11.8 Å². The number of carbonyl (C=O) groups is 1. The number of aromatic nitrogens is 2. The van der Waals surface area contributed by atoms with E-state index in [0.717, 1.165) is 12.8 Å². The van der Waals surface area contributed by atoms with E-state index in [1.54, 1.807) is 49.2 Å². The molecular weight excluding hydrogens is 430 g/mol. The van der Waals surface area contributed by atoms with Crippen molar-refractivity contribution in [3.8, 4) is 5.75 Å². The quantitative estimate of drug-likeness (QED) is 0.481. The first kappa shape index (κ1) is 24.3. The standard InChI is InChI=1S/C23H33N3O5S/c1-17(2)14-25(22(27)19-8-9-19)15-20-13-24-23(26(20)10-11-30-3)32(28,29)16-18-6-5-7-21(12-18)31-4/h5-7,12-13,17,19H,8-11,14-16H2,1-4H3. The normalized spacial score (nSPS) is 14.0. The number of nitrogens with zero attached hydrogens (tertiary/aromatic N) is 3. The molecule has 3 rings (SSSR count). The van der Waals surface area contributed by atoms with Crippen LogP contribution in [0.1, 0.15) is 37.9 Å². The van der Waals surface area contributed by atoms with Crippen molar-refractivity contribution in [3.63, 3.8) is 0 Å². The first-order valence-electron chi connectivity index (χ1n) is 10.9. The summed E-state index contributed by atoms with van der Waals surface area (Å²) < 4.78 is 38.6. The molecule has 1 fully saturated rings. The summed E-state index contributed by atoms with van der Waals surface area (Å²) in [7, 11) is -0.607. The first-order valence-corrected chi connectivity index (χ1v) is 12.6. The highest BCUT2D eigenvalue weighted by molar-refractivity contribution is 7.90. The number of ether oxygens (including phenoxy) is 2. The first-order chi connectivity index (χ1) is 15.2. The van der Waals surface area contributed by atoms with Gasteiger partial charge in [0.25, 0.3) is 0 Å². The van der Waals surface area contributed by atoms with Gasteiger partial charge in [-0.25, -0.2) is 13.4 Å². The predicted octanol–water partition coefficient (Wildman–Crippen LogP) is 2.91. The van der Waals surface area contributed by atoms with Crippen molar-refractivity contribution in [2.45, 2.75) is 50.7 Å². The third-order valence-electron chi connectivity index (χ3n) is 5.37. The fraction of sp³-hybridized carbons (Fsp3) is 0.565. The maximum absolute atomic E-state index is 13.3. The van der Waals surface area contributed by atoms with E-state index in [1.807, 2.05) is 4.90 Å². The molecule has 1 aromatic carbocycles. The summed E-state index contributed by atoms with van der Waals surface area (Å²) in [6.07, 6.45) is 3.43. The monoisotopic (exact) mass is 463 g/mol. The summed E-state index contributed by atoms with van der Waals surface area (Å²) in [4.78, 5) is 18.9. The molecule has 1 amide bonds. The molecule has 0 spiro atoms. The average molecular weight is 464 g/mol. The number of hydrogen-bond acceptors (Lipinski definition) is 6. The SMILES string of the molecule is COCCn1c(CN(CC(C)C)C(=O)C2CC2)cnc1S(=O)(=O)Cc1cccc(OC)c1. The lowest BCUT2D eigenvalue weighted by Crippen LogP contribution is -2.35. The summed E-state index contributed by atoms with van der Waals surface area (Å²) in [6.45, 7) is 5.77. The minimum absolute atomic E-state index is 0.00395. The molecule has 1 aliphatic rings. The zero-order chi connectivity index (χ0) is 23.3. The molecule has 32 heavy (non-hydrogen) atoms. The van der Waals surface area contributed by atoms with Crippen LogP contribution in [0.25, 0.3) is 0 Å². The fourth-order valence-corrected chi connectivity index (χ4v) is 5.20. The molecule has 8 nitrogen and oxygen atoms in total. The molecule has 176 valence electrons. The Morgan fingerprint density at radius 3 is 2.66 bits per heavy atom. The molecule has 1 saturated carbocycles. The summed E-state index contributed by atoms with van der Waals surface area (Å²) in [5, 5.41) is -0.00395. The number of imidazole rings is 1. The Hall–Kier alpha value is -2.39. The number of amides is 1. The van der Waals surface area contributed by atoms with Gasteiger partial charge >= 0.3 is 0 Å². The fourth-order valence-electron chi connectivity index (χ4n) is 3.69. The number of methoxy groups -OCH3 is 2. The van der Waals surface area contributed by atoms with Crippen LogP contribution in [0.15, 0.2) is 35.6 Å². The summed E-state index contributed by atoms with van der Waals surface area (Å²) in [5.74, 6) is 0.956. The number of benzene rings is 1. The zero-order valence-corrected chi connectivity index (χ0v) is 20.1. The van der Waals surface area contributed by atoms with Gasteiger partial charge in [-0.15, -0.1) is 0 Å². The molecule has 0 radical (unpaired) electrons. The summed E-state index contributed by atoms with van der Waals surface area (Å²) in [5.41, 5.74) is 1.32. The van der Waals surface area contributed by atoms with Crippen LogP contribution in [0.2, 0.25) is 0 Å². The molecule has 0 aliphatic heterocycles. The second-order valence-electron chi connectivity index (χ2n) is 8.67. The Morgan fingerprint density at radius 1 is 1.28 bits per heavy atom. The Kier molecular flexibility index (Phi) is 7.95. The van der Waals surface area contributed by atoms with Crippen molar-refractivity contribution in [3.05, 3.63) is 41.7 Å². The van der Waals surface area contributed by atoms with Crippen LogP contribution in [0.4, 0.5) is 0 Å². The third kappa shape index (κ3) is 6.10. The highest BCUT2D eigenvalue weighted by Crippen LogP contribution is 2.32. The van der Waals surface area contributed by atoms with Gasteiger partial charge in [0.2, 0.25) is 20.9 Å². The lowest BCUT2D eigenvalue weighted by Gasteiger charge is -2.25. The minimum Gasteiger partial charge on any atom is -0.497 e. The summed E-state index contributed by atoms with van der Waals surface area (Å²) >= 11 is 0. The molecule has 2 aromatic rings. The van der Waals surface area contributed by atoms with E-state index in [4.69, 9.17) is 9.47 Å². The molecule has 0 saturated heterocycles. The summed E-state index contributed by atoms with van der Waals surface area (Å²) in [6, 6.07) is 7.00. The highest BCUT2D eigenvalue weighted by atomic mass is 32.2. The lowest BCUT2D eigenvalue weighted by molar-refractivity contribution is -0.133. The number of carbonyl (C=O) groups excluding carboxylic acids is 1. The van der Waals surface area contributed by atoms with Crippen molar-refractivity contribution < 1.29 is 22.7 Å². The van der Waals surface area contributed by atoms with Gasteiger partial charge in [-0.3, -0.25) is 4.79 Å². The molecule has 0 bridgehead atoms. The average Bonchev–Trinajstić information content (AvgIpc) is 3.51. The predicted molar refractivity (Wildman–Crippen MR) is 121 cm³/mol. The highest BCUT2D eigenvalue weighted by Gasteiger charge is 2.34. The van der Waals surface area contributed by atoms with Crippen LogP contribution in [-0.2, 0) is 38.2 Å². The zero-order valence-electron chi connectivity index (χ0n) is 19.3. The van der Waals surface area contributed by atoms with E-state index in [2.05, 4.69) is 18.8 Å². The minimum atomic E-state index is -3.72. The molecule has 9 heteroatoms. The molecule has 1 aliphatic carbocycles. The van der Waals surface area contributed by atoms with Crippen molar-refractivity contribution >= 4 is 15.7 Å². The van der Waals surface area contributed by atoms with Crippen molar-refractivity contribution in [1.82, 2.24) is 14.5 Å². The van der Waals surface area contributed by atoms with Crippen LogP contribution < -0.4 is 4.74 Å². The van der Waals surface area contributed by atoms with Gasteiger partial charge in [0.1, 0.15) is 5.75 Å². The van der Waals surface area contributed by atoms with Gasteiger partial charge < -0.3 is 18.9 Å². The van der Waals surface area contributed by atoms with E-state index >= 15 is 0 Å². The number of rotatable bonds is 12. The maximum atomic E-state index is 13.3. The van der Waals surface area contributed by atoms with Crippen LogP contribution in [0.3, 0.4) is 0 Å². The van der Waals surface area contributed by atoms with Gasteiger partial charge in [-0.2, -0.15) is 0 Å². The number of hydrogen-bond donors (Lipinski definition) is 0. The van der Waals surface area contributed by atoms with E-state index < -0.39 is 9.84 Å². The van der Waals surface area contributed by atoms with Crippen LogP contribution in [-0.4, -0.2) is 56.1 Å². The second kappa shape index (κ2) is 10.5. The molecule has 0 N–H and O–H groups in total. The van der Waals surface area contributed by atoms with Crippen molar-refractivity contribution in [1.29, 1.82) is 0 Å². The maximum Gasteiger partial charge on any atom is 0.228 e. The van der Waals surface area contributed by atoms with Gasteiger partial charge in [-0.05, 0) is 36.5 Å². The van der Waals surface area contributed by atoms with Crippen LogP contribution in [0, 0.1) is 11.8 Å². The van der Waals surface area contributed by atoms with Crippen LogP contribution in [0.5, 0.6) is 5.75 Å². The van der Waals surface area contributed by atoms with Gasteiger partial charge in [0, 0.05) is 26.1 Å². The number of sulfone groups is 1. The lowest BCUT2D eigenvalue weighted by atomic mass is 10.2. The molecule has 1 aromatic heterocycles. The van der Waals surface area contributed by atoms with E-state index in [-0.39, 0.29) is 22.7 Å². The topological polar surface area (TPSA) is 90.7 Å². The van der Waals surface area contributed by atoms with Gasteiger partial charge in [0.05, 0.1) is 37.9 Å². The Bertz CT molecular complexity index is 1030. The van der Waals surface area contributed by atoms with Gasteiger partial charge in [0.15, 0.2) is 0 Å². The second-order valence-corrected chi connectivity index (χ2v) is 10.6.